The van der Waals surface area contributed by atoms with Gasteiger partial charge in [-0.25, -0.2) is 0 Å². The van der Waals surface area contributed by atoms with Crippen molar-refractivity contribution in [2.75, 3.05) is 27.7 Å². The normalized spacial score (nSPS) is 10.1. The molecule has 0 aliphatic rings. The van der Waals surface area contributed by atoms with Crippen LogP contribution in [0.2, 0.25) is 0 Å². The Balaban J connectivity index is 2.83. The lowest BCUT2D eigenvalue weighted by atomic mass is 10.1. The van der Waals surface area contributed by atoms with Gasteiger partial charge in [0, 0.05) is 23.6 Å². The van der Waals surface area contributed by atoms with Gasteiger partial charge in [-0.2, -0.15) is 0 Å². The van der Waals surface area contributed by atoms with Crippen LogP contribution >= 0.6 is 0 Å². The molecular weight excluding hydrogens is 216 g/mol. The van der Waals surface area contributed by atoms with Crippen LogP contribution in [0, 0.1) is 0 Å². The van der Waals surface area contributed by atoms with Crippen LogP contribution in [0.4, 0.5) is 0 Å². The van der Waals surface area contributed by atoms with E-state index >= 15 is 0 Å². The molecule has 0 amide bonds. The van der Waals surface area contributed by atoms with Gasteiger partial charge in [-0.15, -0.1) is 0 Å². The molecule has 1 rings (SSSR count). The minimum Gasteiger partial charge on any atom is -0.496 e. The maximum atomic E-state index is 8.23. The first kappa shape index (κ1) is 13.4. The number of ether oxygens (including phenoxy) is 1. The molecule has 0 fully saturated rings. The molecule has 17 heavy (non-hydrogen) atoms. The Morgan fingerprint density at radius 2 is 2.18 bits per heavy atom. The van der Waals surface area contributed by atoms with E-state index in [0.29, 0.717) is 6.54 Å². The molecule has 1 aromatic carbocycles. The minimum atomic E-state index is 0.490. The highest BCUT2D eigenvalue weighted by Gasteiger charge is 2.05. The summed E-state index contributed by atoms with van der Waals surface area (Å²) < 4.78 is 5.32. The number of nitrogens with zero attached hydrogens (tertiary/aromatic N) is 4. The molecule has 92 valence electrons. The Morgan fingerprint density at radius 1 is 1.41 bits per heavy atom. The van der Waals surface area contributed by atoms with Gasteiger partial charge in [-0.05, 0) is 37.7 Å². The lowest BCUT2D eigenvalue weighted by Crippen LogP contribution is -2.12. The van der Waals surface area contributed by atoms with E-state index in [1.807, 2.05) is 26.2 Å². The van der Waals surface area contributed by atoms with Gasteiger partial charge in [0.1, 0.15) is 5.75 Å². The van der Waals surface area contributed by atoms with E-state index in [-0.39, 0.29) is 0 Å². The van der Waals surface area contributed by atoms with Crippen molar-refractivity contribution in [1.82, 2.24) is 4.90 Å². The lowest BCUT2D eigenvalue weighted by Gasteiger charge is -2.14. The first-order chi connectivity index (χ1) is 8.17. The monoisotopic (exact) mass is 234 g/mol. The third-order valence-electron chi connectivity index (χ3n) is 2.40. The minimum absolute atomic E-state index is 0.490. The summed E-state index contributed by atoms with van der Waals surface area (Å²) in [6, 6.07) is 6.07. The van der Waals surface area contributed by atoms with Crippen molar-refractivity contribution in [2.24, 2.45) is 5.11 Å². The molecule has 0 saturated heterocycles. The largest absolute Gasteiger partial charge is 0.496 e. The molecule has 5 heteroatoms. The lowest BCUT2D eigenvalue weighted by molar-refractivity contribution is 0.371. The smallest absolute Gasteiger partial charge is 0.123 e. The predicted octanol–water partition coefficient (Wildman–Crippen LogP) is 2.61. The molecule has 0 atom stereocenters. The summed E-state index contributed by atoms with van der Waals surface area (Å²) in [5, 5.41) is 3.54. The fraction of sp³-hybridized carbons (Fsp3) is 0.500. The van der Waals surface area contributed by atoms with E-state index < -0.39 is 0 Å². The molecule has 0 spiro atoms. The predicted molar refractivity (Wildman–Crippen MR) is 68.1 cm³/mol. The molecule has 0 aliphatic heterocycles. The summed E-state index contributed by atoms with van der Waals surface area (Å²) in [5.74, 6) is 0.895. The van der Waals surface area contributed by atoms with Crippen molar-refractivity contribution >= 4 is 0 Å². The third kappa shape index (κ3) is 4.34. The molecule has 0 saturated carbocycles. The van der Waals surface area contributed by atoms with Crippen molar-refractivity contribution < 1.29 is 4.74 Å². The van der Waals surface area contributed by atoms with E-state index in [1.165, 1.54) is 0 Å². The highest BCUT2D eigenvalue weighted by atomic mass is 16.5. The van der Waals surface area contributed by atoms with Crippen LogP contribution in [0.15, 0.2) is 23.3 Å². The Kier molecular flexibility index (Phi) is 5.33. The molecule has 0 bridgehead atoms. The quantitative estimate of drug-likeness (QED) is 0.431. The zero-order chi connectivity index (χ0) is 12.7. The van der Waals surface area contributed by atoms with Crippen LogP contribution in [-0.2, 0) is 13.0 Å². The summed E-state index contributed by atoms with van der Waals surface area (Å²) >= 11 is 0. The van der Waals surface area contributed by atoms with Crippen molar-refractivity contribution in [3.05, 3.63) is 39.8 Å². The Bertz CT molecular complexity index is 411. The maximum Gasteiger partial charge on any atom is 0.123 e. The summed E-state index contributed by atoms with van der Waals surface area (Å²) in [6.45, 7) is 1.32. The van der Waals surface area contributed by atoms with Gasteiger partial charge in [0.2, 0.25) is 0 Å². The number of hydrogen-bond donors (Lipinski definition) is 0. The van der Waals surface area contributed by atoms with Crippen LogP contribution in [-0.4, -0.2) is 32.6 Å². The third-order valence-corrected chi connectivity index (χ3v) is 2.40. The van der Waals surface area contributed by atoms with Gasteiger partial charge >= 0.3 is 0 Å². The highest BCUT2D eigenvalue weighted by molar-refractivity contribution is 5.37. The van der Waals surface area contributed by atoms with Crippen molar-refractivity contribution in [1.29, 1.82) is 0 Å². The molecule has 0 radical (unpaired) electrons. The second kappa shape index (κ2) is 6.78. The van der Waals surface area contributed by atoms with Gasteiger partial charge < -0.3 is 9.64 Å². The number of rotatable bonds is 6. The molecule has 0 unspecified atom stereocenters. The van der Waals surface area contributed by atoms with Crippen LogP contribution in [0.1, 0.15) is 11.1 Å². The molecule has 0 heterocycles. The number of azide groups is 1. The zero-order valence-corrected chi connectivity index (χ0v) is 10.6. The SMILES string of the molecule is COc1ccc(CCN=[N+]=[N-])cc1CN(C)C. The second-order valence-corrected chi connectivity index (χ2v) is 4.09. The molecule has 0 aromatic heterocycles. The first-order valence-corrected chi connectivity index (χ1v) is 5.48. The maximum absolute atomic E-state index is 8.23. The zero-order valence-electron chi connectivity index (χ0n) is 10.6. The van der Waals surface area contributed by atoms with Crippen LogP contribution in [0.3, 0.4) is 0 Å². The fourth-order valence-corrected chi connectivity index (χ4v) is 1.68. The average molecular weight is 234 g/mol. The topological polar surface area (TPSA) is 61.2 Å². The van der Waals surface area contributed by atoms with Crippen LogP contribution < -0.4 is 4.74 Å². The highest BCUT2D eigenvalue weighted by Crippen LogP contribution is 2.21. The molecule has 0 N–H and O–H groups in total. The summed E-state index contributed by atoms with van der Waals surface area (Å²) in [4.78, 5) is 4.84. The number of methoxy groups -OCH3 is 1. The standard InChI is InChI=1S/C12H18N4O/c1-16(2)9-11-8-10(6-7-14-15-13)4-5-12(11)17-3/h4-5,8H,6-7,9H2,1-3H3. The van der Waals surface area contributed by atoms with Gasteiger partial charge in [0.15, 0.2) is 0 Å². The summed E-state index contributed by atoms with van der Waals surface area (Å²) in [7, 11) is 5.71. The Labute approximate surface area is 102 Å². The Morgan fingerprint density at radius 3 is 2.76 bits per heavy atom. The second-order valence-electron chi connectivity index (χ2n) is 4.09. The van der Waals surface area contributed by atoms with Crippen molar-refractivity contribution in [3.8, 4) is 5.75 Å². The van der Waals surface area contributed by atoms with Gasteiger partial charge in [-0.1, -0.05) is 17.2 Å². The van der Waals surface area contributed by atoms with Crippen LogP contribution in [0.5, 0.6) is 5.75 Å². The molecule has 0 aliphatic carbocycles. The van der Waals surface area contributed by atoms with Crippen molar-refractivity contribution in [2.45, 2.75) is 13.0 Å². The van der Waals surface area contributed by atoms with Crippen LogP contribution in [0.25, 0.3) is 10.4 Å². The van der Waals surface area contributed by atoms with Gasteiger partial charge in [0.25, 0.3) is 0 Å². The average Bonchev–Trinajstić information content (AvgIpc) is 2.29. The molecular formula is C12H18N4O. The first-order valence-electron chi connectivity index (χ1n) is 5.48. The van der Waals surface area contributed by atoms with E-state index in [4.69, 9.17) is 10.3 Å². The summed E-state index contributed by atoms with van der Waals surface area (Å²) in [6.07, 6.45) is 0.758. The van der Waals surface area contributed by atoms with E-state index in [0.717, 1.165) is 29.8 Å². The fourth-order valence-electron chi connectivity index (χ4n) is 1.68. The van der Waals surface area contributed by atoms with Gasteiger partial charge in [-0.3, -0.25) is 0 Å². The van der Waals surface area contributed by atoms with E-state index in [2.05, 4.69) is 21.0 Å². The molecule has 1 aromatic rings. The van der Waals surface area contributed by atoms with Crippen molar-refractivity contribution in [3.63, 3.8) is 0 Å². The Hall–Kier alpha value is -1.71. The number of benzene rings is 1. The van der Waals surface area contributed by atoms with E-state index in [9.17, 15) is 0 Å². The van der Waals surface area contributed by atoms with Gasteiger partial charge in [0.05, 0.1) is 7.11 Å². The van der Waals surface area contributed by atoms with E-state index in [1.54, 1.807) is 7.11 Å². The summed E-state index contributed by atoms with van der Waals surface area (Å²) in [5.41, 5.74) is 10.5. The number of hydrogen-bond acceptors (Lipinski definition) is 3. The molecule has 5 nitrogen and oxygen atoms in total.